The quantitative estimate of drug-likeness (QED) is 0.190. The third-order valence-corrected chi connectivity index (χ3v) is 3.79. The summed E-state index contributed by atoms with van der Waals surface area (Å²) in [5.41, 5.74) is 7.45. The SMILES string of the molecule is CC1(C)OB([C@H](Cl)CCCN=[N+]=[N-])OC1(C)C. The van der Waals surface area contributed by atoms with Gasteiger partial charge in [-0.15, -0.1) is 11.6 Å². The first-order valence-corrected chi connectivity index (χ1v) is 6.24. The highest BCUT2D eigenvalue weighted by atomic mass is 35.5. The topological polar surface area (TPSA) is 67.2 Å². The summed E-state index contributed by atoms with van der Waals surface area (Å²) in [6.45, 7) is 8.44. The van der Waals surface area contributed by atoms with E-state index in [2.05, 4.69) is 10.0 Å². The fourth-order valence-corrected chi connectivity index (χ4v) is 1.83. The minimum atomic E-state index is -0.396. The van der Waals surface area contributed by atoms with Crippen LogP contribution >= 0.6 is 11.6 Å². The maximum absolute atomic E-state index is 8.16. The van der Waals surface area contributed by atoms with E-state index in [-0.39, 0.29) is 16.5 Å². The summed E-state index contributed by atoms with van der Waals surface area (Å²) in [6.07, 6.45) is 1.44. The van der Waals surface area contributed by atoms with Gasteiger partial charge in [-0.1, -0.05) is 5.11 Å². The van der Waals surface area contributed by atoms with Crippen molar-refractivity contribution >= 4 is 18.7 Å². The van der Waals surface area contributed by atoms with E-state index < -0.39 is 7.12 Å². The number of rotatable bonds is 5. The standard InChI is InChI=1S/C10H19BClN3O2/c1-9(2)10(3,4)17-11(16-9)8(12)6-5-7-14-15-13/h8H,5-7H2,1-4H3/t8-/m1/s1. The predicted molar refractivity (Wildman–Crippen MR) is 69.0 cm³/mol. The lowest BCUT2D eigenvalue weighted by molar-refractivity contribution is 0.00578. The Morgan fingerprint density at radius 1 is 1.29 bits per heavy atom. The first kappa shape index (κ1) is 14.6. The van der Waals surface area contributed by atoms with Gasteiger partial charge in [0, 0.05) is 11.5 Å². The van der Waals surface area contributed by atoms with E-state index in [9.17, 15) is 0 Å². The van der Waals surface area contributed by atoms with E-state index in [1.165, 1.54) is 0 Å². The first-order chi connectivity index (χ1) is 7.80. The highest BCUT2D eigenvalue weighted by molar-refractivity contribution is 6.59. The van der Waals surface area contributed by atoms with Gasteiger partial charge in [-0.25, -0.2) is 0 Å². The molecule has 1 rings (SSSR count). The van der Waals surface area contributed by atoms with Crippen molar-refractivity contribution in [2.75, 3.05) is 6.54 Å². The highest BCUT2D eigenvalue weighted by Crippen LogP contribution is 2.38. The van der Waals surface area contributed by atoms with Crippen molar-refractivity contribution in [3.8, 4) is 0 Å². The van der Waals surface area contributed by atoms with Gasteiger partial charge < -0.3 is 9.31 Å². The highest BCUT2D eigenvalue weighted by Gasteiger charge is 2.53. The van der Waals surface area contributed by atoms with Crippen LogP contribution in [-0.4, -0.2) is 30.1 Å². The molecule has 1 heterocycles. The van der Waals surface area contributed by atoms with E-state index in [1.807, 2.05) is 27.7 Å². The van der Waals surface area contributed by atoms with Crippen molar-refractivity contribution in [1.82, 2.24) is 0 Å². The number of nitrogens with zero attached hydrogens (tertiary/aromatic N) is 3. The van der Waals surface area contributed by atoms with E-state index in [1.54, 1.807) is 0 Å². The van der Waals surface area contributed by atoms with E-state index in [4.69, 9.17) is 26.4 Å². The largest absolute Gasteiger partial charge is 0.476 e. The van der Waals surface area contributed by atoms with Crippen LogP contribution in [0.1, 0.15) is 40.5 Å². The fraction of sp³-hybridized carbons (Fsp3) is 1.00. The second kappa shape index (κ2) is 5.48. The Labute approximate surface area is 108 Å². The molecule has 0 radical (unpaired) electrons. The van der Waals surface area contributed by atoms with Crippen LogP contribution in [0.4, 0.5) is 0 Å². The molecule has 1 fully saturated rings. The van der Waals surface area contributed by atoms with Gasteiger partial charge in [-0.05, 0) is 46.1 Å². The van der Waals surface area contributed by atoms with Gasteiger partial charge >= 0.3 is 7.12 Å². The normalized spacial score (nSPS) is 23.2. The molecule has 5 nitrogen and oxygen atoms in total. The fourth-order valence-electron chi connectivity index (χ4n) is 1.57. The minimum absolute atomic E-state index is 0.218. The lowest BCUT2D eigenvalue weighted by atomic mass is 9.81. The predicted octanol–water partition coefficient (Wildman–Crippen LogP) is 3.32. The van der Waals surface area contributed by atoms with Crippen LogP contribution in [0, 0.1) is 0 Å². The molecule has 17 heavy (non-hydrogen) atoms. The van der Waals surface area contributed by atoms with Crippen molar-refractivity contribution in [2.45, 2.75) is 57.0 Å². The average Bonchev–Trinajstić information content (AvgIpc) is 2.43. The molecule has 0 aromatic carbocycles. The van der Waals surface area contributed by atoms with Gasteiger partial charge in [0.1, 0.15) is 0 Å². The number of halogens is 1. The summed E-state index contributed by atoms with van der Waals surface area (Å²) in [4.78, 5) is 2.70. The second-order valence-electron chi connectivity index (χ2n) is 5.24. The smallest absolute Gasteiger partial charge is 0.402 e. The molecule has 1 atom stereocenters. The molecule has 0 saturated carbocycles. The molecular formula is C10H19BClN3O2. The zero-order valence-electron chi connectivity index (χ0n) is 10.8. The Kier molecular flexibility index (Phi) is 4.73. The van der Waals surface area contributed by atoms with Gasteiger partial charge in [-0.3, -0.25) is 0 Å². The average molecular weight is 260 g/mol. The Balaban J connectivity index is 2.45. The van der Waals surface area contributed by atoms with Gasteiger partial charge in [0.25, 0.3) is 0 Å². The van der Waals surface area contributed by atoms with Crippen molar-refractivity contribution in [1.29, 1.82) is 0 Å². The van der Waals surface area contributed by atoms with Crippen LogP contribution in [0.25, 0.3) is 10.4 Å². The lowest BCUT2D eigenvalue weighted by Crippen LogP contribution is -2.41. The molecule has 0 amide bonds. The maximum Gasteiger partial charge on any atom is 0.476 e. The van der Waals surface area contributed by atoms with E-state index in [0.29, 0.717) is 13.0 Å². The van der Waals surface area contributed by atoms with Crippen molar-refractivity contribution in [3.05, 3.63) is 10.4 Å². The number of hydrogen-bond donors (Lipinski definition) is 0. The minimum Gasteiger partial charge on any atom is -0.402 e. The third-order valence-electron chi connectivity index (χ3n) is 3.37. The van der Waals surface area contributed by atoms with Crippen molar-refractivity contribution < 1.29 is 9.31 Å². The summed E-state index contributed by atoms with van der Waals surface area (Å²) in [7, 11) is -0.396. The molecule has 1 aliphatic heterocycles. The molecule has 96 valence electrons. The van der Waals surface area contributed by atoms with Gasteiger partial charge in [0.05, 0.1) is 16.5 Å². The summed E-state index contributed by atoms with van der Waals surface area (Å²) < 4.78 is 11.7. The monoisotopic (exact) mass is 259 g/mol. The summed E-state index contributed by atoms with van der Waals surface area (Å²) in [6, 6.07) is 0. The van der Waals surface area contributed by atoms with Crippen molar-refractivity contribution in [2.24, 2.45) is 5.11 Å². The first-order valence-electron chi connectivity index (χ1n) is 5.81. The molecule has 0 aromatic heterocycles. The van der Waals surface area contributed by atoms with Gasteiger partial charge in [-0.2, -0.15) is 0 Å². The van der Waals surface area contributed by atoms with Crippen LogP contribution in [0.2, 0.25) is 0 Å². The van der Waals surface area contributed by atoms with Crippen LogP contribution in [0.3, 0.4) is 0 Å². The zero-order valence-corrected chi connectivity index (χ0v) is 11.6. The Hall–Kier alpha value is -0.415. The molecule has 7 heteroatoms. The lowest BCUT2D eigenvalue weighted by Gasteiger charge is -2.32. The number of alkyl halides is 1. The van der Waals surface area contributed by atoms with Crippen LogP contribution < -0.4 is 0 Å². The molecule has 0 unspecified atom stereocenters. The van der Waals surface area contributed by atoms with Gasteiger partial charge in [0.2, 0.25) is 0 Å². The van der Waals surface area contributed by atoms with Crippen molar-refractivity contribution in [3.63, 3.8) is 0 Å². The Morgan fingerprint density at radius 3 is 2.29 bits per heavy atom. The summed E-state index contributed by atoms with van der Waals surface area (Å²) >= 11 is 6.24. The van der Waals surface area contributed by atoms with Crippen LogP contribution in [-0.2, 0) is 9.31 Å². The molecule has 1 aliphatic rings. The van der Waals surface area contributed by atoms with Gasteiger partial charge in [0.15, 0.2) is 0 Å². The van der Waals surface area contributed by atoms with E-state index >= 15 is 0 Å². The summed E-state index contributed by atoms with van der Waals surface area (Å²) in [5, 5.41) is 3.25. The molecule has 0 aromatic rings. The second-order valence-corrected chi connectivity index (χ2v) is 5.80. The molecule has 1 saturated heterocycles. The maximum atomic E-state index is 8.16. The van der Waals surface area contributed by atoms with Crippen LogP contribution in [0.15, 0.2) is 5.11 Å². The van der Waals surface area contributed by atoms with Crippen LogP contribution in [0.5, 0.6) is 0 Å². The summed E-state index contributed by atoms with van der Waals surface area (Å²) in [5.74, 6) is 0. The number of hydrogen-bond acceptors (Lipinski definition) is 3. The molecule has 0 aliphatic carbocycles. The molecule has 0 N–H and O–H groups in total. The van der Waals surface area contributed by atoms with E-state index in [0.717, 1.165) is 6.42 Å². The molecule has 0 bridgehead atoms. The molecule has 0 spiro atoms. The Bertz CT molecular complexity index is 303. The zero-order chi connectivity index (χ0) is 13.1. The Morgan fingerprint density at radius 2 is 1.82 bits per heavy atom. The number of azide groups is 1. The third kappa shape index (κ3) is 3.52. The molecular weight excluding hydrogens is 240 g/mol.